The smallest absolute Gasteiger partial charge is 0.0675 e. The molecule has 0 unspecified atom stereocenters. The Hall–Kier alpha value is -0.0800. The van der Waals surface area contributed by atoms with Crippen LogP contribution >= 0.6 is 0 Å². The minimum absolute atomic E-state index is 0.0457. The van der Waals surface area contributed by atoms with Crippen LogP contribution in [0.1, 0.15) is 78.6 Å². The van der Waals surface area contributed by atoms with Gasteiger partial charge in [0.1, 0.15) is 0 Å². The predicted octanol–water partition coefficient (Wildman–Crippen LogP) is 4.14. The predicted molar refractivity (Wildman–Crippen MR) is 88.4 cm³/mol. The van der Waals surface area contributed by atoms with Gasteiger partial charge in [0.2, 0.25) is 0 Å². The molecule has 0 bridgehead atoms. The summed E-state index contributed by atoms with van der Waals surface area (Å²) in [7, 11) is 0. The number of fused-ring (bicyclic) bond motifs is 5. The van der Waals surface area contributed by atoms with Gasteiger partial charge in [-0.15, -0.1) is 0 Å². The summed E-state index contributed by atoms with van der Waals surface area (Å²) in [5, 5.41) is 21.0. The maximum Gasteiger partial charge on any atom is 0.0675 e. The number of aliphatic hydroxyl groups is 2. The molecule has 4 aliphatic carbocycles. The fraction of sp³-hybridized carbons (Fsp3) is 1.00. The zero-order valence-corrected chi connectivity index (χ0v) is 14.6. The molecule has 0 radical (unpaired) electrons. The average Bonchev–Trinajstić information content (AvgIpc) is 2.70. The molecule has 4 fully saturated rings. The minimum atomic E-state index is -0.455. The normalized spacial score (nSPS) is 61.2. The Morgan fingerprint density at radius 3 is 2.32 bits per heavy atom. The zero-order valence-electron chi connectivity index (χ0n) is 14.6. The second-order valence-electron chi connectivity index (χ2n) is 9.85. The molecule has 0 aromatic carbocycles. The third-order valence-electron chi connectivity index (χ3n) is 9.20. The molecule has 0 heterocycles. The van der Waals surface area contributed by atoms with Gasteiger partial charge in [0, 0.05) is 0 Å². The summed E-state index contributed by atoms with van der Waals surface area (Å²) in [6.45, 7) is 7.01. The maximum atomic E-state index is 10.9. The van der Waals surface area contributed by atoms with E-state index in [4.69, 9.17) is 0 Å². The molecule has 2 heteroatoms. The Labute approximate surface area is 135 Å². The van der Waals surface area contributed by atoms with E-state index < -0.39 is 5.60 Å². The second-order valence-corrected chi connectivity index (χ2v) is 9.85. The summed E-state index contributed by atoms with van der Waals surface area (Å²) in [5.41, 5.74) is 0.145. The maximum absolute atomic E-state index is 10.9. The highest BCUT2D eigenvalue weighted by molar-refractivity contribution is 5.12. The number of aliphatic hydroxyl groups excluding tert-OH is 1. The van der Waals surface area contributed by atoms with E-state index in [0.29, 0.717) is 5.41 Å². The van der Waals surface area contributed by atoms with Crippen molar-refractivity contribution >= 4 is 0 Å². The van der Waals surface area contributed by atoms with E-state index in [0.717, 1.165) is 42.9 Å². The van der Waals surface area contributed by atoms with E-state index in [1.165, 1.54) is 38.5 Å². The van der Waals surface area contributed by atoms with Crippen LogP contribution in [0.4, 0.5) is 0 Å². The molecule has 4 aliphatic rings. The van der Waals surface area contributed by atoms with Crippen molar-refractivity contribution in [3.63, 3.8) is 0 Å². The Bertz CT molecular complexity index is 459. The molecular weight excluding hydrogens is 272 g/mol. The Balaban J connectivity index is 1.64. The standard InChI is InChI=1S/C20H34O2/c1-18-9-6-14(21)12-13(18)4-5-15-16(18)7-10-19(2)17(15)8-11-20(19,3)22/h13-17,21-22H,4-12H2,1-3H3/t13-,14-,15-,16+,17+,18-,19-,20-/m0/s1. The summed E-state index contributed by atoms with van der Waals surface area (Å²) < 4.78 is 0. The first-order valence-corrected chi connectivity index (χ1v) is 9.68. The average molecular weight is 306 g/mol. The minimum Gasteiger partial charge on any atom is -0.393 e. The van der Waals surface area contributed by atoms with Crippen molar-refractivity contribution in [1.82, 2.24) is 0 Å². The van der Waals surface area contributed by atoms with Gasteiger partial charge in [-0.1, -0.05) is 13.8 Å². The number of rotatable bonds is 0. The van der Waals surface area contributed by atoms with Crippen LogP contribution in [0.3, 0.4) is 0 Å². The summed E-state index contributed by atoms with van der Waals surface area (Å²) in [4.78, 5) is 0. The molecule has 2 N–H and O–H groups in total. The van der Waals surface area contributed by atoms with Crippen LogP contribution in [-0.4, -0.2) is 21.9 Å². The lowest BCUT2D eigenvalue weighted by molar-refractivity contribution is -0.153. The van der Waals surface area contributed by atoms with Crippen LogP contribution in [0.5, 0.6) is 0 Å². The van der Waals surface area contributed by atoms with Crippen molar-refractivity contribution in [1.29, 1.82) is 0 Å². The molecule has 4 rings (SSSR count). The lowest BCUT2D eigenvalue weighted by Gasteiger charge is -2.61. The third kappa shape index (κ3) is 1.86. The van der Waals surface area contributed by atoms with E-state index in [2.05, 4.69) is 20.8 Å². The topological polar surface area (TPSA) is 40.5 Å². The van der Waals surface area contributed by atoms with Gasteiger partial charge in [0.25, 0.3) is 0 Å². The molecule has 22 heavy (non-hydrogen) atoms. The molecule has 0 amide bonds. The largest absolute Gasteiger partial charge is 0.393 e. The van der Waals surface area contributed by atoms with E-state index in [9.17, 15) is 10.2 Å². The SMILES string of the molecule is C[C@]12CC[C@H](O)C[C@@H]1CC[C@H]1[C@H]2CC[C@@]2(C)[C@@H]1CC[C@]2(C)O. The summed E-state index contributed by atoms with van der Waals surface area (Å²) in [6.07, 6.45) is 10.6. The Morgan fingerprint density at radius 2 is 1.55 bits per heavy atom. The van der Waals surface area contributed by atoms with Crippen LogP contribution in [0.2, 0.25) is 0 Å². The molecule has 0 aromatic rings. The van der Waals surface area contributed by atoms with Crippen LogP contribution in [0.15, 0.2) is 0 Å². The first kappa shape index (κ1) is 15.4. The Morgan fingerprint density at radius 1 is 0.818 bits per heavy atom. The monoisotopic (exact) mass is 306 g/mol. The lowest BCUT2D eigenvalue weighted by Crippen LogP contribution is -2.56. The molecule has 126 valence electrons. The lowest BCUT2D eigenvalue weighted by atomic mass is 9.44. The highest BCUT2D eigenvalue weighted by Gasteiger charge is 2.63. The first-order valence-electron chi connectivity index (χ1n) is 9.68. The molecule has 2 nitrogen and oxygen atoms in total. The first-order chi connectivity index (χ1) is 10.3. The Kier molecular flexibility index (Phi) is 3.32. The molecular formula is C20H34O2. The molecule has 4 saturated carbocycles. The summed E-state index contributed by atoms with van der Waals surface area (Å²) >= 11 is 0. The van der Waals surface area contributed by atoms with Crippen molar-refractivity contribution in [2.75, 3.05) is 0 Å². The van der Waals surface area contributed by atoms with Gasteiger partial charge in [0.15, 0.2) is 0 Å². The van der Waals surface area contributed by atoms with Crippen LogP contribution < -0.4 is 0 Å². The third-order valence-corrected chi connectivity index (χ3v) is 9.20. The van der Waals surface area contributed by atoms with Gasteiger partial charge in [0.05, 0.1) is 11.7 Å². The highest BCUT2D eigenvalue weighted by atomic mass is 16.3. The number of hydrogen-bond acceptors (Lipinski definition) is 2. The zero-order chi connectivity index (χ0) is 15.8. The van der Waals surface area contributed by atoms with Crippen LogP contribution in [-0.2, 0) is 0 Å². The van der Waals surface area contributed by atoms with E-state index >= 15 is 0 Å². The molecule has 0 aliphatic heterocycles. The van der Waals surface area contributed by atoms with E-state index in [1.807, 2.05) is 0 Å². The van der Waals surface area contributed by atoms with Crippen molar-refractivity contribution < 1.29 is 10.2 Å². The quantitative estimate of drug-likeness (QED) is 0.706. The van der Waals surface area contributed by atoms with Gasteiger partial charge in [-0.25, -0.2) is 0 Å². The second kappa shape index (κ2) is 4.72. The van der Waals surface area contributed by atoms with Crippen molar-refractivity contribution in [2.24, 2.45) is 34.5 Å². The number of hydrogen-bond donors (Lipinski definition) is 2. The van der Waals surface area contributed by atoms with E-state index in [1.54, 1.807) is 0 Å². The summed E-state index contributed by atoms with van der Waals surface area (Å²) in [6, 6.07) is 0. The molecule has 0 saturated heterocycles. The van der Waals surface area contributed by atoms with Gasteiger partial charge in [-0.3, -0.25) is 0 Å². The van der Waals surface area contributed by atoms with Gasteiger partial charge in [-0.05, 0) is 99.2 Å². The van der Waals surface area contributed by atoms with Crippen LogP contribution in [0.25, 0.3) is 0 Å². The summed E-state index contributed by atoms with van der Waals surface area (Å²) in [5.74, 6) is 3.13. The van der Waals surface area contributed by atoms with Gasteiger partial charge in [-0.2, -0.15) is 0 Å². The van der Waals surface area contributed by atoms with Gasteiger partial charge < -0.3 is 10.2 Å². The fourth-order valence-electron chi connectivity index (χ4n) is 7.48. The molecule has 8 atom stereocenters. The van der Waals surface area contributed by atoms with E-state index in [-0.39, 0.29) is 11.5 Å². The van der Waals surface area contributed by atoms with Crippen molar-refractivity contribution in [3.8, 4) is 0 Å². The highest BCUT2D eigenvalue weighted by Crippen LogP contribution is 2.68. The van der Waals surface area contributed by atoms with Crippen molar-refractivity contribution in [2.45, 2.75) is 90.3 Å². The van der Waals surface area contributed by atoms with Crippen LogP contribution in [0, 0.1) is 34.5 Å². The molecule has 0 aromatic heterocycles. The fourth-order valence-corrected chi connectivity index (χ4v) is 7.48. The molecule has 0 spiro atoms. The van der Waals surface area contributed by atoms with Gasteiger partial charge >= 0.3 is 0 Å². The van der Waals surface area contributed by atoms with Crippen molar-refractivity contribution in [3.05, 3.63) is 0 Å².